The summed E-state index contributed by atoms with van der Waals surface area (Å²) in [6.45, 7) is -0.628. The lowest BCUT2D eigenvalue weighted by Crippen LogP contribution is -2.10. The van der Waals surface area contributed by atoms with E-state index in [-0.39, 0.29) is 21.5 Å². The van der Waals surface area contributed by atoms with Crippen LogP contribution in [0.5, 0.6) is 5.75 Å². The van der Waals surface area contributed by atoms with Gasteiger partial charge in [0.05, 0.1) is 15.0 Å². The van der Waals surface area contributed by atoms with E-state index in [0.29, 0.717) is 0 Å². The Morgan fingerprint density at radius 1 is 1.44 bits per heavy atom. The normalized spacial score (nSPS) is 9.88. The van der Waals surface area contributed by atoms with Gasteiger partial charge in [-0.3, -0.25) is 10.1 Å². The lowest BCUT2D eigenvalue weighted by atomic mass is 10.3. The van der Waals surface area contributed by atoms with E-state index in [0.717, 1.165) is 12.1 Å². The maximum atomic E-state index is 10.4. The zero-order valence-corrected chi connectivity index (χ0v) is 9.16. The van der Waals surface area contributed by atoms with E-state index < -0.39 is 17.5 Å². The second-order valence-corrected chi connectivity index (χ2v) is 3.49. The summed E-state index contributed by atoms with van der Waals surface area (Å²) in [6, 6.07) is 2.06. The van der Waals surface area contributed by atoms with Crippen molar-refractivity contribution >= 4 is 34.9 Å². The van der Waals surface area contributed by atoms with Crippen LogP contribution in [0, 0.1) is 10.1 Å². The Balaban J connectivity index is 3.03. The zero-order valence-electron chi connectivity index (χ0n) is 7.65. The Kier molecular flexibility index (Phi) is 3.92. The first kappa shape index (κ1) is 12.5. The van der Waals surface area contributed by atoms with E-state index in [2.05, 4.69) is 0 Å². The van der Waals surface area contributed by atoms with E-state index in [4.69, 9.17) is 33.0 Å². The van der Waals surface area contributed by atoms with Gasteiger partial charge in [0.2, 0.25) is 0 Å². The molecule has 0 aromatic heterocycles. The van der Waals surface area contributed by atoms with E-state index in [1.54, 1.807) is 0 Å². The van der Waals surface area contributed by atoms with Crippen LogP contribution in [0.2, 0.25) is 10.0 Å². The second-order valence-electron chi connectivity index (χ2n) is 2.68. The molecule has 1 rings (SSSR count). The summed E-state index contributed by atoms with van der Waals surface area (Å²) >= 11 is 11.3. The number of ether oxygens (including phenoxy) is 1. The number of aliphatic carboxylic acids is 1. The summed E-state index contributed by atoms with van der Waals surface area (Å²) in [4.78, 5) is 20.0. The van der Waals surface area contributed by atoms with Crippen LogP contribution in [-0.2, 0) is 4.79 Å². The highest BCUT2D eigenvalue weighted by atomic mass is 35.5. The van der Waals surface area contributed by atoms with Crippen molar-refractivity contribution in [3.05, 3.63) is 32.3 Å². The molecule has 0 heterocycles. The highest BCUT2D eigenvalue weighted by Crippen LogP contribution is 2.36. The number of carboxylic acids is 1. The molecule has 0 spiro atoms. The van der Waals surface area contributed by atoms with Crippen molar-refractivity contribution in [2.24, 2.45) is 0 Å². The van der Waals surface area contributed by atoms with Gasteiger partial charge in [0.15, 0.2) is 12.4 Å². The van der Waals surface area contributed by atoms with E-state index >= 15 is 0 Å². The third-order valence-corrected chi connectivity index (χ3v) is 2.10. The number of hydrogen-bond acceptors (Lipinski definition) is 4. The van der Waals surface area contributed by atoms with Crippen LogP contribution in [0.4, 0.5) is 5.69 Å². The highest BCUT2D eigenvalue weighted by Gasteiger charge is 2.16. The van der Waals surface area contributed by atoms with Crippen LogP contribution in [0.1, 0.15) is 0 Å². The molecule has 6 nitrogen and oxygen atoms in total. The number of carbonyl (C=O) groups is 1. The molecule has 1 aromatic rings. The van der Waals surface area contributed by atoms with Gasteiger partial charge < -0.3 is 9.84 Å². The Morgan fingerprint density at radius 3 is 2.31 bits per heavy atom. The number of non-ortho nitro benzene ring substituents is 1. The number of halogens is 2. The van der Waals surface area contributed by atoms with Gasteiger partial charge in [-0.05, 0) is 0 Å². The van der Waals surface area contributed by atoms with Gasteiger partial charge in [0.1, 0.15) is 0 Å². The molecule has 0 aliphatic rings. The number of rotatable bonds is 4. The van der Waals surface area contributed by atoms with Gasteiger partial charge >= 0.3 is 5.97 Å². The van der Waals surface area contributed by atoms with Crippen molar-refractivity contribution in [1.29, 1.82) is 0 Å². The Hall–Kier alpha value is -1.53. The van der Waals surface area contributed by atoms with Gasteiger partial charge in [-0.2, -0.15) is 0 Å². The summed E-state index contributed by atoms with van der Waals surface area (Å²) in [6.07, 6.45) is 0. The largest absolute Gasteiger partial charge is 0.479 e. The Labute approximate surface area is 99.5 Å². The molecule has 0 radical (unpaired) electrons. The molecule has 0 saturated heterocycles. The highest BCUT2D eigenvalue weighted by molar-refractivity contribution is 6.37. The molecule has 0 aliphatic carbocycles. The maximum Gasteiger partial charge on any atom is 0.341 e. The van der Waals surface area contributed by atoms with Crippen LogP contribution in [0.25, 0.3) is 0 Å². The van der Waals surface area contributed by atoms with Gasteiger partial charge in [0.25, 0.3) is 5.69 Å². The quantitative estimate of drug-likeness (QED) is 0.667. The van der Waals surface area contributed by atoms with Gasteiger partial charge in [-0.25, -0.2) is 4.79 Å². The molecule has 1 aromatic carbocycles. The summed E-state index contributed by atoms with van der Waals surface area (Å²) < 4.78 is 4.78. The van der Waals surface area contributed by atoms with Crippen molar-refractivity contribution in [3.8, 4) is 5.75 Å². The molecular weight excluding hydrogens is 261 g/mol. The molecule has 16 heavy (non-hydrogen) atoms. The standard InChI is InChI=1S/C8H5Cl2NO5/c9-5-1-4(11(14)15)2-6(10)8(5)16-3-7(12)13/h1-2H,3H2,(H,12,13). The number of hydrogen-bond donors (Lipinski definition) is 1. The molecule has 8 heteroatoms. The maximum absolute atomic E-state index is 10.4. The summed E-state index contributed by atoms with van der Waals surface area (Å²) in [5.74, 6) is -1.29. The monoisotopic (exact) mass is 265 g/mol. The van der Waals surface area contributed by atoms with Gasteiger partial charge in [-0.1, -0.05) is 23.2 Å². The van der Waals surface area contributed by atoms with Crippen molar-refractivity contribution in [2.45, 2.75) is 0 Å². The molecule has 0 bridgehead atoms. The Morgan fingerprint density at radius 2 is 1.94 bits per heavy atom. The predicted octanol–water partition coefficient (Wildman–Crippen LogP) is 2.37. The van der Waals surface area contributed by atoms with Crippen LogP contribution >= 0.6 is 23.2 Å². The summed E-state index contributed by atoms with van der Waals surface area (Å²) in [7, 11) is 0. The third-order valence-electron chi connectivity index (χ3n) is 1.53. The molecule has 0 aliphatic heterocycles. The predicted molar refractivity (Wildman–Crippen MR) is 56.2 cm³/mol. The molecular formula is C8H5Cl2NO5. The van der Waals surface area contributed by atoms with Crippen molar-refractivity contribution in [2.75, 3.05) is 6.61 Å². The first-order valence-corrected chi connectivity index (χ1v) is 4.65. The summed E-state index contributed by atoms with van der Waals surface area (Å²) in [5, 5.41) is 18.6. The molecule has 0 fully saturated rings. The minimum Gasteiger partial charge on any atom is -0.479 e. The van der Waals surface area contributed by atoms with Crippen LogP contribution in [-0.4, -0.2) is 22.6 Å². The average molecular weight is 266 g/mol. The fraction of sp³-hybridized carbons (Fsp3) is 0.125. The Bertz CT molecular complexity index is 425. The van der Waals surface area contributed by atoms with E-state index in [1.807, 2.05) is 0 Å². The van der Waals surface area contributed by atoms with Crippen molar-refractivity contribution < 1.29 is 19.6 Å². The zero-order chi connectivity index (χ0) is 12.3. The average Bonchev–Trinajstić information content (AvgIpc) is 2.15. The minimum absolute atomic E-state index is 0.0867. The van der Waals surface area contributed by atoms with Crippen LogP contribution < -0.4 is 4.74 Å². The third kappa shape index (κ3) is 2.98. The molecule has 0 unspecified atom stereocenters. The van der Waals surface area contributed by atoms with Crippen molar-refractivity contribution in [1.82, 2.24) is 0 Å². The van der Waals surface area contributed by atoms with E-state index in [9.17, 15) is 14.9 Å². The number of nitro benzene ring substituents is 1. The number of nitrogens with zero attached hydrogens (tertiary/aromatic N) is 1. The number of benzene rings is 1. The molecule has 1 N–H and O–H groups in total. The van der Waals surface area contributed by atoms with Gasteiger partial charge in [-0.15, -0.1) is 0 Å². The fourth-order valence-electron chi connectivity index (χ4n) is 0.924. The van der Waals surface area contributed by atoms with E-state index in [1.165, 1.54) is 0 Å². The van der Waals surface area contributed by atoms with Crippen molar-refractivity contribution in [3.63, 3.8) is 0 Å². The lowest BCUT2D eigenvalue weighted by molar-refractivity contribution is -0.384. The molecule has 86 valence electrons. The van der Waals surface area contributed by atoms with Crippen LogP contribution in [0.3, 0.4) is 0 Å². The van der Waals surface area contributed by atoms with Crippen LogP contribution in [0.15, 0.2) is 12.1 Å². The first-order chi connectivity index (χ1) is 7.41. The van der Waals surface area contributed by atoms with Gasteiger partial charge in [0, 0.05) is 12.1 Å². The number of nitro groups is 1. The fourth-order valence-corrected chi connectivity index (χ4v) is 1.51. The SMILES string of the molecule is O=C(O)COc1c(Cl)cc([N+](=O)[O-])cc1Cl. The minimum atomic E-state index is -1.20. The molecule has 0 atom stereocenters. The lowest BCUT2D eigenvalue weighted by Gasteiger charge is -2.07. The second kappa shape index (κ2) is 5.00. The molecule has 0 saturated carbocycles. The topological polar surface area (TPSA) is 89.7 Å². The first-order valence-electron chi connectivity index (χ1n) is 3.90. The number of carboxylic acid groups (broad SMARTS) is 1. The molecule has 0 amide bonds. The smallest absolute Gasteiger partial charge is 0.341 e. The summed E-state index contributed by atoms with van der Waals surface area (Å²) in [5.41, 5.74) is -0.294.